The van der Waals surface area contributed by atoms with E-state index >= 15 is 0 Å². The van der Waals surface area contributed by atoms with Gasteiger partial charge in [0.15, 0.2) is 0 Å². The molecule has 0 aliphatic carbocycles. The number of aromatic nitrogens is 1. The monoisotopic (exact) mass is 390 g/mol. The summed E-state index contributed by atoms with van der Waals surface area (Å²) >= 11 is 0. The van der Waals surface area contributed by atoms with Crippen LogP contribution < -0.4 is 10.6 Å². The summed E-state index contributed by atoms with van der Waals surface area (Å²) in [5, 5.41) is 23.6. The van der Waals surface area contributed by atoms with Crippen molar-refractivity contribution >= 4 is 17.7 Å². The van der Waals surface area contributed by atoms with E-state index in [1.807, 2.05) is 0 Å². The van der Waals surface area contributed by atoms with Gasteiger partial charge in [0.05, 0.1) is 23.6 Å². The number of hydrogen-bond donors (Lipinski definition) is 3. The minimum absolute atomic E-state index is 0.252. The van der Waals surface area contributed by atoms with Crippen LogP contribution in [0.25, 0.3) is 11.1 Å². The fourth-order valence-electron chi connectivity index (χ4n) is 2.71. The van der Waals surface area contributed by atoms with Gasteiger partial charge in [0, 0.05) is 29.2 Å². The van der Waals surface area contributed by atoms with Crippen LogP contribution in [0.5, 0.6) is 0 Å². The molecule has 0 aliphatic rings. The zero-order chi connectivity index (χ0) is 21.4. The second kappa shape index (κ2) is 9.85. The van der Waals surface area contributed by atoms with E-state index in [9.17, 15) is 14.9 Å². The normalized spacial score (nSPS) is 12.1. The van der Waals surface area contributed by atoms with Crippen LogP contribution >= 0.6 is 0 Å². The van der Waals surface area contributed by atoms with Crippen molar-refractivity contribution in [2.45, 2.75) is 19.4 Å². The van der Waals surface area contributed by atoms with Crippen molar-refractivity contribution in [2.24, 2.45) is 5.92 Å². The molecule has 3 N–H and O–H groups in total. The second-order valence-electron chi connectivity index (χ2n) is 6.42. The fraction of sp³-hybridized carbons (Fsp3) is 0.182. The lowest BCUT2D eigenvalue weighted by Crippen LogP contribution is -2.26. The van der Waals surface area contributed by atoms with Gasteiger partial charge in [-0.2, -0.15) is 5.26 Å². The van der Waals surface area contributed by atoms with Crippen molar-refractivity contribution in [3.8, 4) is 17.2 Å². The van der Waals surface area contributed by atoms with Crippen molar-refractivity contribution in [3.05, 3.63) is 73.1 Å². The van der Waals surface area contributed by atoms with Crippen molar-refractivity contribution in [1.29, 1.82) is 5.26 Å². The highest BCUT2D eigenvalue weighted by atomic mass is 16.4. The number of benzene rings is 1. The molecule has 29 heavy (non-hydrogen) atoms. The first kappa shape index (κ1) is 21.4. The second-order valence-corrected chi connectivity index (χ2v) is 6.42. The lowest BCUT2D eigenvalue weighted by atomic mass is 9.98. The van der Waals surface area contributed by atoms with E-state index in [-0.39, 0.29) is 5.91 Å². The van der Waals surface area contributed by atoms with Crippen molar-refractivity contribution in [3.63, 3.8) is 0 Å². The summed E-state index contributed by atoms with van der Waals surface area (Å²) in [6.45, 7) is 9.01. The Hall–Kier alpha value is -3.92. The zero-order valence-electron chi connectivity index (χ0n) is 16.1. The summed E-state index contributed by atoms with van der Waals surface area (Å²) in [6, 6.07) is 8.31. The molecule has 0 aliphatic heterocycles. The predicted octanol–water partition coefficient (Wildman–Crippen LogP) is 4.27. The van der Waals surface area contributed by atoms with E-state index in [0.717, 1.165) is 0 Å². The minimum Gasteiger partial charge on any atom is -0.465 e. The lowest BCUT2D eigenvalue weighted by Gasteiger charge is -2.17. The van der Waals surface area contributed by atoms with Gasteiger partial charge in [-0.25, -0.2) is 4.79 Å². The van der Waals surface area contributed by atoms with Gasteiger partial charge in [-0.3, -0.25) is 9.78 Å². The first-order valence-electron chi connectivity index (χ1n) is 8.92. The number of carboxylic acid groups (broad SMARTS) is 1. The van der Waals surface area contributed by atoms with Crippen LogP contribution in [0.3, 0.4) is 0 Å². The highest BCUT2D eigenvalue weighted by Crippen LogP contribution is 2.31. The van der Waals surface area contributed by atoms with Crippen LogP contribution in [0, 0.1) is 17.2 Å². The quantitative estimate of drug-likeness (QED) is 0.582. The third kappa shape index (κ3) is 5.53. The third-order valence-corrected chi connectivity index (χ3v) is 4.35. The number of rotatable bonds is 8. The molecule has 1 heterocycles. The highest BCUT2D eigenvalue weighted by molar-refractivity contribution is 5.97. The number of nitrogens with zero attached hydrogens (tertiary/aromatic N) is 2. The molecule has 0 saturated carbocycles. The first-order valence-corrected chi connectivity index (χ1v) is 8.92. The predicted molar refractivity (Wildman–Crippen MR) is 111 cm³/mol. The molecule has 0 bridgehead atoms. The maximum atomic E-state index is 12.3. The molecule has 2 aromatic rings. The summed E-state index contributed by atoms with van der Waals surface area (Å²) in [6.07, 6.45) is 5.59. The molecule has 0 fully saturated rings. The minimum atomic E-state index is -1.15. The highest BCUT2D eigenvalue weighted by Gasteiger charge is 2.17. The van der Waals surface area contributed by atoms with Crippen LogP contribution in [0.2, 0.25) is 0 Å². The standard InChI is InChI=1S/C22H22N4O3/c1-4-6-19(26-22(28)29)17-10-16(12-24-13-17)18-8-7-15(11-23)9-20(18)25-21(27)14(3)5-2/h4-5,7-10,12-14,19,26H,1-2,6H2,3H3,(H,25,27)(H,28,29)/t14?,19-/m0/s1. The molecule has 0 saturated heterocycles. The fourth-order valence-corrected chi connectivity index (χ4v) is 2.71. The molecule has 2 atom stereocenters. The van der Waals surface area contributed by atoms with Crippen LogP contribution in [0.15, 0.2) is 62.0 Å². The van der Waals surface area contributed by atoms with Crippen molar-refractivity contribution in [1.82, 2.24) is 10.3 Å². The maximum absolute atomic E-state index is 12.3. The summed E-state index contributed by atoms with van der Waals surface area (Å²) < 4.78 is 0. The van der Waals surface area contributed by atoms with E-state index in [1.165, 1.54) is 6.08 Å². The van der Waals surface area contributed by atoms with E-state index < -0.39 is 18.1 Å². The molecule has 2 amide bonds. The molecule has 0 spiro atoms. The average Bonchev–Trinajstić information content (AvgIpc) is 2.72. The maximum Gasteiger partial charge on any atom is 0.405 e. The molecule has 1 aromatic carbocycles. The molecular formula is C22H22N4O3. The molecule has 0 radical (unpaired) electrons. The summed E-state index contributed by atoms with van der Waals surface area (Å²) in [4.78, 5) is 27.7. The lowest BCUT2D eigenvalue weighted by molar-refractivity contribution is -0.118. The van der Waals surface area contributed by atoms with E-state index in [1.54, 1.807) is 49.7 Å². The van der Waals surface area contributed by atoms with Gasteiger partial charge in [-0.05, 0) is 30.2 Å². The number of pyridine rings is 1. The van der Waals surface area contributed by atoms with Gasteiger partial charge in [0.25, 0.3) is 0 Å². The Kier molecular flexibility index (Phi) is 7.26. The summed E-state index contributed by atoms with van der Waals surface area (Å²) in [5.41, 5.74) is 2.86. The SMILES string of the molecule is C=CC[C@H](NC(=O)O)c1cncc(-c2ccc(C#N)cc2NC(=O)C(C)C=C)c1. The molecular weight excluding hydrogens is 368 g/mol. The van der Waals surface area contributed by atoms with Crippen LogP contribution in [-0.4, -0.2) is 22.1 Å². The zero-order valence-corrected chi connectivity index (χ0v) is 16.1. The number of nitrogens with one attached hydrogen (secondary N) is 2. The smallest absolute Gasteiger partial charge is 0.405 e. The van der Waals surface area contributed by atoms with Gasteiger partial charge in [0.2, 0.25) is 5.91 Å². The molecule has 2 rings (SSSR count). The van der Waals surface area contributed by atoms with Gasteiger partial charge in [-0.15, -0.1) is 13.2 Å². The van der Waals surface area contributed by atoms with Gasteiger partial charge < -0.3 is 15.7 Å². The Morgan fingerprint density at radius 1 is 1.31 bits per heavy atom. The third-order valence-electron chi connectivity index (χ3n) is 4.35. The molecule has 1 unspecified atom stereocenters. The van der Waals surface area contributed by atoms with E-state index in [2.05, 4.69) is 34.8 Å². The molecule has 148 valence electrons. The summed E-state index contributed by atoms with van der Waals surface area (Å²) in [7, 11) is 0. The largest absolute Gasteiger partial charge is 0.465 e. The van der Waals surface area contributed by atoms with Crippen LogP contribution in [0.4, 0.5) is 10.5 Å². The number of anilines is 1. The Balaban J connectivity index is 2.49. The molecule has 7 nitrogen and oxygen atoms in total. The number of carbonyl (C=O) groups is 2. The number of hydrogen-bond acceptors (Lipinski definition) is 4. The van der Waals surface area contributed by atoms with Crippen LogP contribution in [0.1, 0.15) is 30.5 Å². The van der Waals surface area contributed by atoms with Gasteiger partial charge >= 0.3 is 6.09 Å². The van der Waals surface area contributed by atoms with Crippen LogP contribution in [-0.2, 0) is 4.79 Å². The van der Waals surface area contributed by atoms with E-state index in [0.29, 0.717) is 34.4 Å². The molecule has 1 aromatic heterocycles. The summed E-state index contributed by atoms with van der Waals surface area (Å²) in [5.74, 6) is -0.660. The Labute approximate surface area is 169 Å². The van der Waals surface area contributed by atoms with Crippen molar-refractivity contribution < 1.29 is 14.7 Å². The van der Waals surface area contributed by atoms with Crippen molar-refractivity contribution in [2.75, 3.05) is 5.32 Å². The van der Waals surface area contributed by atoms with Gasteiger partial charge in [-0.1, -0.05) is 25.1 Å². The Morgan fingerprint density at radius 2 is 2.07 bits per heavy atom. The van der Waals surface area contributed by atoms with Gasteiger partial charge in [0.1, 0.15) is 0 Å². The number of nitriles is 1. The Morgan fingerprint density at radius 3 is 2.69 bits per heavy atom. The van der Waals surface area contributed by atoms with E-state index in [4.69, 9.17) is 5.11 Å². The first-order chi connectivity index (χ1) is 13.9. The number of carbonyl (C=O) groups excluding carboxylic acids is 1. The number of amides is 2. The molecule has 7 heteroatoms. The Bertz CT molecular complexity index is 978. The topological polar surface area (TPSA) is 115 Å². The average molecular weight is 390 g/mol.